The molecule has 0 fully saturated rings. The van der Waals surface area contributed by atoms with E-state index >= 15 is 0 Å². The van der Waals surface area contributed by atoms with Crippen molar-refractivity contribution in [1.82, 2.24) is 0 Å². The van der Waals surface area contributed by atoms with E-state index < -0.39 is 0 Å². The van der Waals surface area contributed by atoms with Gasteiger partial charge in [-0.1, -0.05) is 0 Å². The maximum Gasteiger partial charge on any atom is 0.221 e. The lowest BCUT2D eigenvalue weighted by Gasteiger charge is -2.20. The molecule has 0 atom stereocenters. The molecule has 88 valence electrons. The largest absolute Gasteiger partial charge is 0.386 e. The second kappa shape index (κ2) is 4.56. The Kier molecular flexibility index (Phi) is 3.58. The Labute approximate surface area is 97.2 Å². The Morgan fingerprint density at radius 2 is 1.31 bits per heavy atom. The predicted octanol–water partition coefficient (Wildman–Crippen LogP) is 2.92. The summed E-state index contributed by atoms with van der Waals surface area (Å²) in [7, 11) is 1.88. The molecule has 0 saturated carbocycles. The summed E-state index contributed by atoms with van der Waals surface area (Å²) in [5.41, 5.74) is 6.74. The third-order valence-corrected chi connectivity index (χ3v) is 3.24. The Morgan fingerprint density at radius 1 is 0.875 bits per heavy atom. The zero-order chi connectivity index (χ0) is 12.5. The van der Waals surface area contributed by atoms with Crippen LogP contribution >= 0.6 is 0 Å². The van der Waals surface area contributed by atoms with Crippen LogP contribution in [0.2, 0.25) is 0 Å². The lowest BCUT2D eigenvalue weighted by Crippen LogP contribution is -2.12. The maximum atomic E-state index is 11.2. The number of carbonyl (C=O) groups is 1. The molecule has 0 unspecified atom stereocenters. The molecule has 0 aliphatic carbocycles. The zero-order valence-electron chi connectivity index (χ0n) is 10.9. The Hall–Kier alpha value is -1.51. The molecule has 1 amide bonds. The van der Waals surface area contributed by atoms with E-state index in [0.717, 1.165) is 16.9 Å². The number of carbonyl (C=O) groups excluding carboxylic acids is 1. The molecule has 0 heterocycles. The summed E-state index contributed by atoms with van der Waals surface area (Å²) in [5.74, 6) is -0.0396. The van der Waals surface area contributed by atoms with Crippen LogP contribution < -0.4 is 10.6 Å². The molecule has 0 aliphatic rings. The summed E-state index contributed by atoms with van der Waals surface area (Å²) in [6, 6.07) is 0. The zero-order valence-corrected chi connectivity index (χ0v) is 10.9. The van der Waals surface area contributed by atoms with Gasteiger partial charge in [-0.25, -0.2) is 0 Å². The van der Waals surface area contributed by atoms with E-state index in [1.165, 1.54) is 23.6 Å². The van der Waals surface area contributed by atoms with E-state index in [-0.39, 0.29) is 5.91 Å². The number of benzene rings is 1. The van der Waals surface area contributed by atoms with Crippen molar-refractivity contribution in [3.8, 4) is 0 Å². The molecule has 3 nitrogen and oxygen atoms in total. The maximum absolute atomic E-state index is 11.2. The van der Waals surface area contributed by atoms with E-state index in [4.69, 9.17) is 0 Å². The van der Waals surface area contributed by atoms with Crippen molar-refractivity contribution >= 4 is 17.3 Å². The first-order valence-electron chi connectivity index (χ1n) is 5.45. The first kappa shape index (κ1) is 12.6. The molecule has 0 spiro atoms. The number of nitrogens with one attached hydrogen (secondary N) is 2. The third-order valence-electron chi connectivity index (χ3n) is 3.24. The van der Waals surface area contributed by atoms with Gasteiger partial charge in [0.05, 0.1) is 11.4 Å². The van der Waals surface area contributed by atoms with Gasteiger partial charge in [0.15, 0.2) is 0 Å². The van der Waals surface area contributed by atoms with Gasteiger partial charge >= 0.3 is 0 Å². The monoisotopic (exact) mass is 220 g/mol. The smallest absolute Gasteiger partial charge is 0.221 e. The first-order chi connectivity index (χ1) is 7.40. The van der Waals surface area contributed by atoms with Gasteiger partial charge in [-0.05, 0) is 49.9 Å². The van der Waals surface area contributed by atoms with Crippen LogP contribution in [0.5, 0.6) is 0 Å². The molecule has 1 aromatic carbocycles. The highest BCUT2D eigenvalue weighted by Gasteiger charge is 2.14. The highest BCUT2D eigenvalue weighted by molar-refractivity contribution is 5.95. The van der Waals surface area contributed by atoms with Crippen molar-refractivity contribution in [3.63, 3.8) is 0 Å². The minimum atomic E-state index is -0.0396. The standard InChI is InChI=1S/C13H20N2O/c1-7-8(2)10(4)13(15-11(5)16)12(14-6)9(7)3/h14H,1-6H3,(H,15,16). The van der Waals surface area contributed by atoms with Crippen molar-refractivity contribution in [2.75, 3.05) is 17.7 Å². The number of amides is 1. The van der Waals surface area contributed by atoms with Gasteiger partial charge in [0, 0.05) is 14.0 Å². The molecule has 3 heteroatoms. The van der Waals surface area contributed by atoms with Crippen molar-refractivity contribution in [1.29, 1.82) is 0 Å². The SMILES string of the molecule is CNc1c(C)c(C)c(C)c(C)c1NC(C)=O. The minimum absolute atomic E-state index is 0.0396. The summed E-state index contributed by atoms with van der Waals surface area (Å²) in [4.78, 5) is 11.2. The van der Waals surface area contributed by atoms with E-state index in [0.29, 0.717) is 0 Å². The Balaban J connectivity index is 3.50. The molecule has 0 aromatic heterocycles. The molecular formula is C13H20N2O. The topological polar surface area (TPSA) is 41.1 Å². The van der Waals surface area contributed by atoms with E-state index in [1.807, 2.05) is 14.0 Å². The van der Waals surface area contributed by atoms with Gasteiger partial charge in [0.25, 0.3) is 0 Å². The quantitative estimate of drug-likeness (QED) is 0.804. The van der Waals surface area contributed by atoms with Crippen LogP contribution in [0, 0.1) is 27.7 Å². The van der Waals surface area contributed by atoms with Gasteiger partial charge in [-0.3, -0.25) is 4.79 Å². The first-order valence-corrected chi connectivity index (χ1v) is 5.45. The molecule has 0 radical (unpaired) electrons. The summed E-state index contributed by atoms with van der Waals surface area (Å²) < 4.78 is 0. The van der Waals surface area contributed by atoms with Gasteiger partial charge < -0.3 is 10.6 Å². The molecule has 16 heavy (non-hydrogen) atoms. The number of hydrogen-bond donors (Lipinski definition) is 2. The van der Waals surface area contributed by atoms with Crippen LogP contribution in [-0.2, 0) is 4.79 Å². The fraction of sp³-hybridized carbons (Fsp3) is 0.462. The summed E-state index contributed by atoms with van der Waals surface area (Å²) in [6.07, 6.45) is 0. The molecule has 2 N–H and O–H groups in total. The lowest BCUT2D eigenvalue weighted by atomic mass is 9.95. The number of hydrogen-bond acceptors (Lipinski definition) is 2. The lowest BCUT2D eigenvalue weighted by molar-refractivity contribution is -0.114. The van der Waals surface area contributed by atoms with Gasteiger partial charge in [-0.15, -0.1) is 0 Å². The van der Waals surface area contributed by atoms with E-state index in [9.17, 15) is 4.79 Å². The van der Waals surface area contributed by atoms with Crippen molar-refractivity contribution in [2.24, 2.45) is 0 Å². The highest BCUT2D eigenvalue weighted by atomic mass is 16.1. The molecule has 0 aliphatic heterocycles. The minimum Gasteiger partial charge on any atom is -0.386 e. The van der Waals surface area contributed by atoms with Gasteiger partial charge in [0.1, 0.15) is 0 Å². The third kappa shape index (κ3) is 2.03. The van der Waals surface area contributed by atoms with E-state index in [2.05, 4.69) is 31.4 Å². The fourth-order valence-electron chi connectivity index (χ4n) is 1.96. The average Bonchev–Trinajstić information content (AvgIpc) is 2.23. The Bertz CT molecular complexity index is 436. The Morgan fingerprint density at radius 3 is 1.69 bits per heavy atom. The molecule has 1 rings (SSSR count). The molecule has 1 aromatic rings. The van der Waals surface area contributed by atoms with Crippen LogP contribution in [0.1, 0.15) is 29.2 Å². The van der Waals surface area contributed by atoms with Gasteiger partial charge in [-0.2, -0.15) is 0 Å². The molecule has 0 bridgehead atoms. The van der Waals surface area contributed by atoms with Crippen molar-refractivity contribution in [2.45, 2.75) is 34.6 Å². The van der Waals surface area contributed by atoms with E-state index in [1.54, 1.807) is 0 Å². The van der Waals surface area contributed by atoms with Crippen LogP contribution in [-0.4, -0.2) is 13.0 Å². The number of anilines is 2. The van der Waals surface area contributed by atoms with Crippen LogP contribution in [0.4, 0.5) is 11.4 Å². The van der Waals surface area contributed by atoms with Crippen molar-refractivity contribution in [3.05, 3.63) is 22.3 Å². The molecule has 0 saturated heterocycles. The molecular weight excluding hydrogens is 200 g/mol. The second-order valence-electron chi connectivity index (χ2n) is 4.18. The normalized spacial score (nSPS) is 10.1. The second-order valence-corrected chi connectivity index (χ2v) is 4.18. The van der Waals surface area contributed by atoms with Crippen LogP contribution in [0.15, 0.2) is 0 Å². The van der Waals surface area contributed by atoms with Crippen LogP contribution in [0.3, 0.4) is 0 Å². The number of rotatable bonds is 2. The highest BCUT2D eigenvalue weighted by Crippen LogP contribution is 2.34. The van der Waals surface area contributed by atoms with Crippen LogP contribution in [0.25, 0.3) is 0 Å². The van der Waals surface area contributed by atoms with Crippen molar-refractivity contribution < 1.29 is 4.79 Å². The average molecular weight is 220 g/mol. The summed E-state index contributed by atoms with van der Waals surface area (Å²) >= 11 is 0. The fourth-order valence-corrected chi connectivity index (χ4v) is 1.96. The summed E-state index contributed by atoms with van der Waals surface area (Å²) in [6.45, 7) is 9.83. The van der Waals surface area contributed by atoms with Gasteiger partial charge in [0.2, 0.25) is 5.91 Å². The summed E-state index contributed by atoms with van der Waals surface area (Å²) in [5, 5.41) is 6.06. The predicted molar refractivity (Wildman–Crippen MR) is 69.2 cm³/mol.